The van der Waals surface area contributed by atoms with Gasteiger partial charge in [-0.15, -0.1) is 11.3 Å². The molecule has 0 amide bonds. The van der Waals surface area contributed by atoms with Crippen LogP contribution < -0.4 is 5.32 Å². The van der Waals surface area contributed by atoms with E-state index in [9.17, 15) is 25.0 Å². The van der Waals surface area contributed by atoms with Gasteiger partial charge in [0.25, 0.3) is 11.4 Å². The second-order valence-electron chi connectivity index (χ2n) is 6.22. The number of methoxy groups -OCH3 is 1. The number of benzene rings is 1. The number of hydrogen-bond donors (Lipinski definition) is 1. The standard InChI is InChI=1S/C17H18N4O6S/c1-27-17(22)13-8-12(20(23)24)9-14(21(25)26)16(13)18-4-6-19-5-2-15-11(10-19)3-7-28-15/h3,7-9,18H,2,4-6,10H2,1H3. The van der Waals surface area contributed by atoms with Gasteiger partial charge in [0.1, 0.15) is 5.69 Å². The second-order valence-corrected chi connectivity index (χ2v) is 7.22. The molecule has 1 aliphatic rings. The molecular formula is C17H18N4O6S. The van der Waals surface area contributed by atoms with Gasteiger partial charge >= 0.3 is 5.97 Å². The van der Waals surface area contributed by atoms with Gasteiger partial charge in [-0.2, -0.15) is 0 Å². The van der Waals surface area contributed by atoms with Gasteiger partial charge in [-0.05, 0) is 23.4 Å². The number of anilines is 1. The van der Waals surface area contributed by atoms with Crippen molar-refractivity contribution in [1.82, 2.24) is 4.90 Å². The highest BCUT2D eigenvalue weighted by Gasteiger charge is 2.28. The number of rotatable bonds is 7. The molecule has 148 valence electrons. The van der Waals surface area contributed by atoms with Crippen LogP contribution in [0.15, 0.2) is 23.6 Å². The highest BCUT2D eigenvalue weighted by molar-refractivity contribution is 7.10. The topological polar surface area (TPSA) is 128 Å². The Morgan fingerprint density at radius 3 is 2.79 bits per heavy atom. The summed E-state index contributed by atoms with van der Waals surface area (Å²) in [5, 5.41) is 27.4. The van der Waals surface area contributed by atoms with Crippen LogP contribution in [-0.2, 0) is 17.7 Å². The van der Waals surface area contributed by atoms with E-state index in [-0.39, 0.29) is 11.3 Å². The summed E-state index contributed by atoms with van der Waals surface area (Å²) >= 11 is 1.74. The van der Waals surface area contributed by atoms with Crippen LogP contribution in [0.3, 0.4) is 0 Å². The molecule has 1 N–H and O–H groups in total. The van der Waals surface area contributed by atoms with Crippen molar-refractivity contribution in [3.63, 3.8) is 0 Å². The molecule has 0 saturated heterocycles. The highest BCUT2D eigenvalue weighted by atomic mass is 32.1. The highest BCUT2D eigenvalue weighted by Crippen LogP contribution is 2.34. The fraction of sp³-hybridized carbons (Fsp3) is 0.353. The summed E-state index contributed by atoms with van der Waals surface area (Å²) in [6, 6.07) is 3.92. The van der Waals surface area contributed by atoms with Gasteiger partial charge in [0.15, 0.2) is 0 Å². The fourth-order valence-corrected chi connectivity index (χ4v) is 4.04. The monoisotopic (exact) mass is 406 g/mol. The predicted molar refractivity (Wildman–Crippen MR) is 103 cm³/mol. The van der Waals surface area contributed by atoms with E-state index in [0.717, 1.165) is 38.8 Å². The first-order chi connectivity index (χ1) is 13.4. The Kier molecular flexibility index (Phi) is 5.85. The number of carbonyl (C=O) groups excluding carboxylic acids is 1. The van der Waals surface area contributed by atoms with Crippen LogP contribution in [0.5, 0.6) is 0 Å². The van der Waals surface area contributed by atoms with Crippen LogP contribution in [0.2, 0.25) is 0 Å². The molecule has 1 aromatic heterocycles. The van der Waals surface area contributed by atoms with Crippen molar-refractivity contribution in [2.24, 2.45) is 0 Å². The smallest absolute Gasteiger partial charge is 0.340 e. The van der Waals surface area contributed by atoms with Gasteiger partial charge in [0, 0.05) is 37.1 Å². The molecule has 0 radical (unpaired) electrons. The van der Waals surface area contributed by atoms with E-state index in [4.69, 9.17) is 0 Å². The Labute approximate surface area is 164 Å². The fourth-order valence-electron chi connectivity index (χ4n) is 3.15. The molecule has 0 fully saturated rings. The lowest BCUT2D eigenvalue weighted by Gasteiger charge is -2.27. The SMILES string of the molecule is COC(=O)c1cc([N+](=O)[O-])cc([N+](=O)[O-])c1NCCN1CCc2sccc2C1. The number of nitrogens with one attached hydrogen (secondary N) is 1. The van der Waals surface area contributed by atoms with Gasteiger partial charge in [0.05, 0.1) is 28.6 Å². The minimum atomic E-state index is -0.879. The average Bonchev–Trinajstić information content (AvgIpc) is 3.14. The zero-order valence-electron chi connectivity index (χ0n) is 15.0. The number of nitro groups is 2. The Morgan fingerprint density at radius 1 is 1.32 bits per heavy atom. The first-order valence-corrected chi connectivity index (χ1v) is 9.35. The first kappa shape index (κ1) is 19.7. The lowest BCUT2D eigenvalue weighted by molar-refractivity contribution is -0.393. The zero-order valence-corrected chi connectivity index (χ0v) is 15.9. The summed E-state index contributed by atoms with van der Waals surface area (Å²) in [4.78, 5) is 36.6. The van der Waals surface area contributed by atoms with Crippen LogP contribution in [0.1, 0.15) is 20.8 Å². The number of thiophene rings is 1. The molecular weight excluding hydrogens is 388 g/mol. The second kappa shape index (κ2) is 8.31. The summed E-state index contributed by atoms with van der Waals surface area (Å²) in [6.07, 6.45) is 0.956. The number of carbonyl (C=O) groups is 1. The molecule has 0 saturated carbocycles. The number of fused-ring (bicyclic) bond motifs is 1. The van der Waals surface area contributed by atoms with E-state index < -0.39 is 27.2 Å². The molecule has 0 atom stereocenters. The average molecular weight is 406 g/mol. The first-order valence-electron chi connectivity index (χ1n) is 8.47. The third-order valence-electron chi connectivity index (χ3n) is 4.53. The Bertz CT molecular complexity index is 928. The van der Waals surface area contributed by atoms with Crippen LogP contribution in [-0.4, -0.2) is 47.5 Å². The van der Waals surface area contributed by atoms with Gasteiger partial charge in [-0.1, -0.05) is 0 Å². The van der Waals surface area contributed by atoms with E-state index in [1.165, 1.54) is 10.4 Å². The van der Waals surface area contributed by atoms with E-state index in [0.29, 0.717) is 13.1 Å². The molecule has 2 aromatic rings. The zero-order chi connectivity index (χ0) is 20.3. The largest absolute Gasteiger partial charge is 0.465 e. The molecule has 0 bridgehead atoms. The maximum Gasteiger partial charge on any atom is 0.340 e. The van der Waals surface area contributed by atoms with Crippen molar-refractivity contribution in [3.05, 3.63) is 59.8 Å². The van der Waals surface area contributed by atoms with E-state index in [1.807, 2.05) is 0 Å². The molecule has 11 heteroatoms. The lowest BCUT2D eigenvalue weighted by atomic mass is 10.1. The normalized spacial score (nSPS) is 13.6. The minimum absolute atomic E-state index is 0.0734. The molecule has 0 unspecified atom stereocenters. The Balaban J connectivity index is 1.79. The van der Waals surface area contributed by atoms with Gasteiger partial charge < -0.3 is 10.1 Å². The molecule has 1 aliphatic heterocycles. The molecule has 0 spiro atoms. The van der Waals surface area contributed by atoms with Crippen molar-refractivity contribution in [2.45, 2.75) is 13.0 Å². The summed E-state index contributed by atoms with van der Waals surface area (Å²) in [7, 11) is 1.11. The number of nitro benzene ring substituents is 2. The molecule has 10 nitrogen and oxygen atoms in total. The van der Waals surface area contributed by atoms with Crippen molar-refractivity contribution >= 4 is 34.4 Å². The summed E-state index contributed by atoms with van der Waals surface area (Å²) in [5.74, 6) is -0.879. The summed E-state index contributed by atoms with van der Waals surface area (Å²) in [6.45, 7) is 2.61. The van der Waals surface area contributed by atoms with Crippen molar-refractivity contribution < 1.29 is 19.4 Å². The van der Waals surface area contributed by atoms with E-state index in [2.05, 4.69) is 26.4 Å². The minimum Gasteiger partial charge on any atom is -0.465 e. The number of esters is 1. The molecule has 3 rings (SSSR count). The van der Waals surface area contributed by atoms with Crippen molar-refractivity contribution in [1.29, 1.82) is 0 Å². The van der Waals surface area contributed by atoms with E-state index >= 15 is 0 Å². The Morgan fingerprint density at radius 2 is 2.11 bits per heavy atom. The van der Waals surface area contributed by atoms with Crippen LogP contribution in [0.25, 0.3) is 0 Å². The van der Waals surface area contributed by atoms with Gasteiger partial charge in [-0.25, -0.2) is 4.79 Å². The van der Waals surface area contributed by atoms with Crippen molar-refractivity contribution in [3.8, 4) is 0 Å². The van der Waals surface area contributed by atoms with Crippen LogP contribution >= 0.6 is 11.3 Å². The molecule has 0 aliphatic carbocycles. The predicted octanol–water partition coefficient (Wildman–Crippen LogP) is 2.82. The third-order valence-corrected chi connectivity index (χ3v) is 5.55. The number of non-ortho nitro benzene ring substituents is 1. The molecule has 28 heavy (non-hydrogen) atoms. The lowest BCUT2D eigenvalue weighted by Crippen LogP contribution is -2.33. The molecule has 1 aromatic carbocycles. The molecule has 2 heterocycles. The van der Waals surface area contributed by atoms with Gasteiger partial charge in [-0.3, -0.25) is 25.1 Å². The maximum absolute atomic E-state index is 12.0. The maximum atomic E-state index is 12.0. The Hall–Kier alpha value is -3.05. The number of nitrogens with zero attached hydrogens (tertiary/aromatic N) is 3. The van der Waals surface area contributed by atoms with Gasteiger partial charge in [0.2, 0.25) is 0 Å². The number of hydrogen-bond acceptors (Lipinski definition) is 9. The summed E-state index contributed by atoms with van der Waals surface area (Å²) < 4.78 is 4.64. The van der Waals surface area contributed by atoms with Crippen molar-refractivity contribution in [2.75, 3.05) is 32.1 Å². The van der Waals surface area contributed by atoms with E-state index in [1.54, 1.807) is 11.3 Å². The summed E-state index contributed by atoms with van der Waals surface area (Å²) in [5.41, 5.74) is -0.0994. The number of ether oxygens (including phenoxy) is 1. The van der Waals surface area contributed by atoms with Crippen LogP contribution in [0, 0.1) is 20.2 Å². The quantitative estimate of drug-likeness (QED) is 0.422. The van der Waals surface area contributed by atoms with Crippen LogP contribution in [0.4, 0.5) is 17.1 Å². The third kappa shape index (κ3) is 4.10.